The Morgan fingerprint density at radius 1 is 0.656 bits per heavy atom. The lowest BCUT2D eigenvalue weighted by Crippen LogP contribution is -2.54. The quantitative estimate of drug-likeness (QED) is 0.0914. The van der Waals surface area contributed by atoms with E-state index >= 15 is 0 Å². The van der Waals surface area contributed by atoms with Crippen molar-refractivity contribution in [1.82, 2.24) is 0 Å². The van der Waals surface area contributed by atoms with Gasteiger partial charge in [-0.25, -0.2) is 0 Å². The summed E-state index contributed by atoms with van der Waals surface area (Å²) in [5.74, 6) is -0.181. The Hall–Kier alpha value is -0.170. The van der Waals surface area contributed by atoms with Gasteiger partial charge in [-0.3, -0.25) is 4.55 Å². The molecule has 32 heavy (non-hydrogen) atoms. The van der Waals surface area contributed by atoms with Crippen LogP contribution < -0.4 is 0 Å². The number of likely N-dealkylation sites (N-methyl/N-ethyl adjacent to an activating group) is 1. The Balaban J connectivity index is 3.98. The van der Waals surface area contributed by atoms with E-state index in [1.807, 2.05) is 0 Å². The van der Waals surface area contributed by atoms with Crippen LogP contribution in [0.3, 0.4) is 0 Å². The zero-order chi connectivity index (χ0) is 24.1. The van der Waals surface area contributed by atoms with Gasteiger partial charge < -0.3 is 9.59 Å². The summed E-state index contributed by atoms with van der Waals surface area (Å²) in [6, 6.07) is 0.172. The molecule has 2 N–H and O–H groups in total. The molecule has 0 heterocycles. The van der Waals surface area contributed by atoms with Crippen molar-refractivity contribution in [3.05, 3.63) is 0 Å². The van der Waals surface area contributed by atoms with E-state index in [9.17, 15) is 18.1 Å². The van der Waals surface area contributed by atoms with Gasteiger partial charge in [-0.15, -0.1) is 0 Å². The molecular formula is C26H56NO4S+. The first kappa shape index (κ1) is 31.8. The molecular weight excluding hydrogens is 422 g/mol. The molecule has 0 aromatic rings. The topological polar surface area (TPSA) is 74.6 Å². The van der Waals surface area contributed by atoms with Gasteiger partial charge in [0, 0.05) is 6.42 Å². The molecule has 0 aliphatic heterocycles. The molecule has 0 bridgehead atoms. The first-order valence-corrected chi connectivity index (χ1v) is 15.3. The number of aliphatic hydroxyl groups is 1. The minimum absolute atomic E-state index is 0.109. The highest BCUT2D eigenvalue weighted by molar-refractivity contribution is 7.85. The first-order chi connectivity index (χ1) is 15.3. The lowest BCUT2D eigenvalue weighted by Gasteiger charge is -2.41. The summed E-state index contributed by atoms with van der Waals surface area (Å²) in [6.07, 6.45) is 22.5. The number of hydrogen-bond acceptors (Lipinski definition) is 3. The summed E-state index contributed by atoms with van der Waals surface area (Å²) >= 11 is 0. The van der Waals surface area contributed by atoms with Crippen LogP contribution in [0.4, 0.5) is 0 Å². The summed E-state index contributed by atoms with van der Waals surface area (Å²) in [5, 5.41) is 9.53. The molecule has 0 fully saturated rings. The van der Waals surface area contributed by atoms with Crippen LogP contribution in [-0.4, -0.2) is 61.1 Å². The van der Waals surface area contributed by atoms with Gasteiger partial charge in [0.1, 0.15) is 6.54 Å². The van der Waals surface area contributed by atoms with Crippen molar-refractivity contribution in [2.24, 2.45) is 0 Å². The molecule has 0 aliphatic rings. The molecule has 0 saturated carbocycles. The predicted octanol–water partition coefficient (Wildman–Crippen LogP) is 6.74. The third kappa shape index (κ3) is 18.3. The number of rotatable bonds is 24. The SMILES string of the molecule is CCCCCCCCCCCCCCCCCC(CCS(=O)(=O)O)[N+](C)(CCC)CCO. The van der Waals surface area contributed by atoms with Crippen molar-refractivity contribution < 1.29 is 22.6 Å². The maximum atomic E-state index is 11.3. The standard InChI is InChI=1S/C26H55NO4S/c1-4-6-7-8-9-10-11-12-13-14-15-16-17-18-19-20-26(21-25-32(29,30)31)27(3,22-5-2)23-24-28/h26,28H,4-25H2,1-3H3/p+1. The summed E-state index contributed by atoms with van der Waals surface area (Å²) in [7, 11) is -1.82. The van der Waals surface area contributed by atoms with E-state index in [0.29, 0.717) is 17.4 Å². The summed E-state index contributed by atoms with van der Waals surface area (Å²) in [5.41, 5.74) is 0. The van der Waals surface area contributed by atoms with Crippen LogP contribution in [0.1, 0.15) is 129 Å². The second-order valence-corrected chi connectivity index (χ2v) is 11.7. The molecule has 0 rings (SSSR count). The van der Waals surface area contributed by atoms with Crippen LogP contribution in [0.15, 0.2) is 0 Å². The van der Waals surface area contributed by atoms with Gasteiger partial charge in [-0.05, 0) is 19.3 Å². The Bertz CT molecular complexity index is 504. The highest BCUT2D eigenvalue weighted by atomic mass is 32.2. The average molecular weight is 479 g/mol. The molecule has 0 radical (unpaired) electrons. The minimum atomic E-state index is -3.94. The smallest absolute Gasteiger partial charge is 0.265 e. The van der Waals surface area contributed by atoms with Crippen LogP contribution >= 0.6 is 0 Å². The van der Waals surface area contributed by atoms with Crippen LogP contribution in [0.25, 0.3) is 0 Å². The Morgan fingerprint density at radius 2 is 1.09 bits per heavy atom. The number of unbranched alkanes of at least 4 members (excludes halogenated alkanes) is 14. The van der Waals surface area contributed by atoms with Gasteiger partial charge in [0.25, 0.3) is 10.1 Å². The third-order valence-corrected chi connectivity index (χ3v) is 7.83. The highest BCUT2D eigenvalue weighted by Gasteiger charge is 2.31. The van der Waals surface area contributed by atoms with Gasteiger partial charge in [-0.1, -0.05) is 104 Å². The van der Waals surface area contributed by atoms with E-state index in [-0.39, 0.29) is 18.4 Å². The second-order valence-electron chi connectivity index (χ2n) is 10.1. The van der Waals surface area contributed by atoms with Crippen LogP contribution in [0.5, 0.6) is 0 Å². The van der Waals surface area contributed by atoms with E-state index in [1.165, 1.54) is 89.9 Å². The molecule has 0 aliphatic carbocycles. The number of quaternary nitrogens is 1. The molecule has 6 heteroatoms. The summed E-state index contributed by atoms with van der Waals surface area (Å²) < 4.78 is 32.5. The molecule has 194 valence electrons. The van der Waals surface area contributed by atoms with Gasteiger partial charge in [0.05, 0.1) is 32.0 Å². The molecule has 2 unspecified atom stereocenters. The Labute approximate surface area is 200 Å². The van der Waals surface area contributed by atoms with Gasteiger partial charge in [0.2, 0.25) is 0 Å². The Morgan fingerprint density at radius 3 is 1.47 bits per heavy atom. The molecule has 0 aromatic carbocycles. The first-order valence-electron chi connectivity index (χ1n) is 13.7. The lowest BCUT2D eigenvalue weighted by atomic mass is 10.00. The van der Waals surface area contributed by atoms with E-state index < -0.39 is 10.1 Å². The van der Waals surface area contributed by atoms with Crippen molar-refractivity contribution >= 4 is 10.1 Å². The fraction of sp³-hybridized carbons (Fsp3) is 1.00. The Kier molecular flexibility index (Phi) is 20.1. The van der Waals surface area contributed by atoms with E-state index in [0.717, 1.165) is 25.8 Å². The maximum absolute atomic E-state index is 11.3. The van der Waals surface area contributed by atoms with E-state index in [4.69, 9.17) is 0 Å². The van der Waals surface area contributed by atoms with E-state index in [1.54, 1.807) is 0 Å². The molecule has 0 aromatic heterocycles. The molecule has 0 amide bonds. The lowest BCUT2D eigenvalue weighted by molar-refractivity contribution is -0.934. The number of aliphatic hydroxyl groups excluding tert-OH is 1. The molecule has 5 nitrogen and oxygen atoms in total. The van der Waals surface area contributed by atoms with Gasteiger partial charge >= 0.3 is 0 Å². The van der Waals surface area contributed by atoms with Crippen LogP contribution in [-0.2, 0) is 10.1 Å². The summed E-state index contributed by atoms with van der Waals surface area (Å²) in [6.45, 7) is 6.07. The largest absolute Gasteiger partial charge is 0.391 e. The average Bonchev–Trinajstić information content (AvgIpc) is 2.72. The van der Waals surface area contributed by atoms with Crippen molar-refractivity contribution in [2.45, 2.75) is 135 Å². The fourth-order valence-electron chi connectivity index (χ4n) is 5.02. The fourth-order valence-corrected chi connectivity index (χ4v) is 5.59. The van der Waals surface area contributed by atoms with Crippen molar-refractivity contribution in [2.75, 3.05) is 32.5 Å². The van der Waals surface area contributed by atoms with Crippen molar-refractivity contribution in [1.29, 1.82) is 0 Å². The highest BCUT2D eigenvalue weighted by Crippen LogP contribution is 2.22. The number of hydrogen-bond donors (Lipinski definition) is 2. The third-order valence-electron chi connectivity index (χ3n) is 7.08. The van der Waals surface area contributed by atoms with Crippen molar-refractivity contribution in [3.8, 4) is 0 Å². The zero-order valence-corrected chi connectivity index (χ0v) is 22.5. The monoisotopic (exact) mass is 478 g/mol. The van der Waals surface area contributed by atoms with Gasteiger partial charge in [-0.2, -0.15) is 8.42 Å². The summed E-state index contributed by atoms with van der Waals surface area (Å²) in [4.78, 5) is 0. The van der Waals surface area contributed by atoms with Gasteiger partial charge in [0.15, 0.2) is 0 Å². The maximum Gasteiger partial charge on any atom is 0.265 e. The van der Waals surface area contributed by atoms with Crippen molar-refractivity contribution in [3.63, 3.8) is 0 Å². The number of nitrogens with zero attached hydrogens (tertiary/aromatic N) is 1. The zero-order valence-electron chi connectivity index (χ0n) is 21.7. The molecule has 0 saturated heterocycles. The molecule has 0 spiro atoms. The molecule has 2 atom stereocenters. The van der Waals surface area contributed by atoms with Crippen LogP contribution in [0, 0.1) is 0 Å². The normalized spacial score (nSPS) is 15.0. The van der Waals surface area contributed by atoms with Crippen LogP contribution in [0.2, 0.25) is 0 Å². The predicted molar refractivity (Wildman–Crippen MR) is 138 cm³/mol. The minimum Gasteiger partial charge on any atom is -0.391 e. The van der Waals surface area contributed by atoms with E-state index in [2.05, 4.69) is 20.9 Å². The second kappa shape index (κ2) is 20.2.